The molecule has 3 N–H and O–H groups in total. The van der Waals surface area contributed by atoms with Gasteiger partial charge in [0.2, 0.25) is 5.91 Å². The molecule has 0 unspecified atom stereocenters. The number of rotatable bonds is 7. The minimum atomic E-state index is 0.00659. The van der Waals surface area contributed by atoms with Gasteiger partial charge in [-0.15, -0.1) is 0 Å². The summed E-state index contributed by atoms with van der Waals surface area (Å²) in [6.45, 7) is 2.90. The lowest BCUT2D eigenvalue weighted by Gasteiger charge is -2.12. The van der Waals surface area contributed by atoms with Gasteiger partial charge in [-0.1, -0.05) is 29.8 Å². The molecule has 3 rings (SSSR count). The topological polar surface area (TPSA) is 62.4 Å². The van der Waals surface area contributed by atoms with Crippen molar-refractivity contribution in [1.29, 1.82) is 0 Å². The molecule has 2 aromatic rings. The first kappa shape index (κ1) is 17.6. The molecule has 132 valence electrons. The average molecular weight is 360 g/mol. The molecular formula is C19H22ClN3O2. The third kappa shape index (κ3) is 4.65. The van der Waals surface area contributed by atoms with E-state index in [0.717, 1.165) is 24.3 Å². The fourth-order valence-corrected chi connectivity index (χ4v) is 3.05. The van der Waals surface area contributed by atoms with Crippen LogP contribution >= 0.6 is 11.6 Å². The molecule has 0 fully saturated rings. The predicted molar refractivity (Wildman–Crippen MR) is 99.9 cm³/mol. The lowest BCUT2D eigenvalue weighted by molar-refractivity contribution is -0.121. The molecule has 0 radical (unpaired) electrons. The molecule has 0 spiro atoms. The molecule has 1 aliphatic rings. The molecular weight excluding hydrogens is 338 g/mol. The molecule has 0 saturated heterocycles. The van der Waals surface area contributed by atoms with Gasteiger partial charge in [0, 0.05) is 37.6 Å². The quantitative estimate of drug-likeness (QED) is 0.711. The zero-order valence-corrected chi connectivity index (χ0v) is 15.0. The summed E-state index contributed by atoms with van der Waals surface area (Å²) in [5, 5.41) is 10.1. The van der Waals surface area contributed by atoms with E-state index >= 15 is 0 Å². The Bertz CT molecular complexity index is 764. The molecule has 6 heteroatoms. The number of fused-ring (bicyclic) bond motifs is 1. The van der Waals surface area contributed by atoms with Gasteiger partial charge in [0.1, 0.15) is 5.75 Å². The summed E-state index contributed by atoms with van der Waals surface area (Å²) in [5.41, 5.74) is 4.57. The minimum absolute atomic E-state index is 0.00659. The van der Waals surface area contributed by atoms with Crippen LogP contribution in [0, 0.1) is 0 Å². The van der Waals surface area contributed by atoms with Gasteiger partial charge in [-0.3, -0.25) is 4.79 Å². The number of carbonyl (C=O) groups excluding carboxylic acids is 1. The van der Waals surface area contributed by atoms with Gasteiger partial charge in [0.15, 0.2) is 0 Å². The van der Waals surface area contributed by atoms with Crippen molar-refractivity contribution in [3.63, 3.8) is 0 Å². The first-order chi connectivity index (χ1) is 12.2. The predicted octanol–water partition coefficient (Wildman–Crippen LogP) is 3.07. The van der Waals surface area contributed by atoms with E-state index in [1.807, 2.05) is 0 Å². The fraction of sp³-hybridized carbons (Fsp3) is 0.316. The standard InChI is InChI=1S/C19H22ClN3O2/c1-25-18-5-4-16(20)9-17(18)22-7-6-19(24)23-10-13-2-3-14-11-21-12-15(14)8-13/h2-5,8-9,21-22H,6-7,10-12H2,1H3,(H,23,24). The third-order valence-corrected chi connectivity index (χ3v) is 4.46. The third-order valence-electron chi connectivity index (χ3n) is 4.22. The normalized spacial score (nSPS) is 12.6. The number of hydrogen-bond acceptors (Lipinski definition) is 4. The van der Waals surface area contributed by atoms with E-state index in [1.54, 1.807) is 25.3 Å². The first-order valence-electron chi connectivity index (χ1n) is 8.31. The lowest BCUT2D eigenvalue weighted by Crippen LogP contribution is -2.25. The van der Waals surface area contributed by atoms with Gasteiger partial charge < -0.3 is 20.7 Å². The maximum atomic E-state index is 12.0. The maximum absolute atomic E-state index is 12.0. The van der Waals surface area contributed by atoms with E-state index in [4.69, 9.17) is 16.3 Å². The Labute approximate surface area is 152 Å². The molecule has 1 aliphatic heterocycles. The molecule has 25 heavy (non-hydrogen) atoms. The molecule has 2 aromatic carbocycles. The highest BCUT2D eigenvalue weighted by atomic mass is 35.5. The maximum Gasteiger partial charge on any atom is 0.222 e. The van der Waals surface area contributed by atoms with Crippen molar-refractivity contribution in [2.24, 2.45) is 0 Å². The largest absolute Gasteiger partial charge is 0.495 e. The van der Waals surface area contributed by atoms with Crippen LogP contribution in [0.1, 0.15) is 23.1 Å². The summed E-state index contributed by atoms with van der Waals surface area (Å²) in [6, 6.07) is 11.7. The zero-order chi connectivity index (χ0) is 17.6. The SMILES string of the molecule is COc1ccc(Cl)cc1NCCC(=O)NCc1ccc2c(c1)CNC2. The molecule has 5 nitrogen and oxygen atoms in total. The summed E-state index contributed by atoms with van der Waals surface area (Å²) >= 11 is 5.99. The first-order valence-corrected chi connectivity index (χ1v) is 8.69. The minimum Gasteiger partial charge on any atom is -0.495 e. The molecule has 1 amide bonds. The van der Waals surface area contributed by atoms with Crippen LogP contribution in [0.2, 0.25) is 5.02 Å². The molecule has 1 heterocycles. The van der Waals surface area contributed by atoms with Crippen molar-refractivity contribution in [3.8, 4) is 5.75 Å². The fourth-order valence-electron chi connectivity index (χ4n) is 2.88. The number of benzene rings is 2. The van der Waals surface area contributed by atoms with E-state index in [9.17, 15) is 4.79 Å². The number of methoxy groups -OCH3 is 1. The summed E-state index contributed by atoms with van der Waals surface area (Å²) in [5.74, 6) is 0.712. The number of hydrogen-bond donors (Lipinski definition) is 3. The highest BCUT2D eigenvalue weighted by Crippen LogP contribution is 2.27. The van der Waals surface area contributed by atoms with E-state index in [2.05, 4.69) is 34.1 Å². The van der Waals surface area contributed by atoms with E-state index in [1.165, 1.54) is 11.1 Å². The Morgan fingerprint density at radius 2 is 2.04 bits per heavy atom. The van der Waals surface area contributed by atoms with Crippen molar-refractivity contribution in [2.45, 2.75) is 26.1 Å². The van der Waals surface area contributed by atoms with Gasteiger partial charge in [-0.2, -0.15) is 0 Å². The molecule has 0 aliphatic carbocycles. The number of nitrogens with one attached hydrogen (secondary N) is 3. The Balaban J connectivity index is 1.45. The van der Waals surface area contributed by atoms with Crippen LogP contribution < -0.4 is 20.7 Å². The van der Waals surface area contributed by atoms with Crippen LogP contribution in [-0.4, -0.2) is 19.6 Å². The van der Waals surface area contributed by atoms with Crippen LogP contribution in [0.4, 0.5) is 5.69 Å². The van der Waals surface area contributed by atoms with Gasteiger partial charge in [-0.05, 0) is 34.9 Å². The van der Waals surface area contributed by atoms with Crippen LogP contribution in [-0.2, 0) is 24.4 Å². The van der Waals surface area contributed by atoms with Crippen LogP contribution in [0.3, 0.4) is 0 Å². The summed E-state index contributed by atoms with van der Waals surface area (Å²) < 4.78 is 5.27. The highest BCUT2D eigenvalue weighted by Gasteiger charge is 2.10. The second-order valence-corrected chi connectivity index (χ2v) is 6.44. The number of ether oxygens (including phenoxy) is 1. The average Bonchev–Trinajstić information content (AvgIpc) is 3.08. The van der Waals surface area contributed by atoms with Crippen molar-refractivity contribution in [3.05, 3.63) is 58.1 Å². The van der Waals surface area contributed by atoms with Crippen LogP contribution in [0.25, 0.3) is 0 Å². The Kier molecular flexibility index (Phi) is 5.79. The molecule has 0 saturated carbocycles. The summed E-state index contributed by atoms with van der Waals surface area (Å²) in [4.78, 5) is 12.0. The van der Waals surface area contributed by atoms with Crippen molar-refractivity contribution in [1.82, 2.24) is 10.6 Å². The van der Waals surface area contributed by atoms with E-state index in [0.29, 0.717) is 30.3 Å². The van der Waals surface area contributed by atoms with E-state index in [-0.39, 0.29) is 5.91 Å². The Morgan fingerprint density at radius 3 is 2.88 bits per heavy atom. The second-order valence-electron chi connectivity index (χ2n) is 6.00. The van der Waals surface area contributed by atoms with Crippen molar-refractivity contribution < 1.29 is 9.53 Å². The summed E-state index contributed by atoms with van der Waals surface area (Å²) in [7, 11) is 1.60. The zero-order valence-electron chi connectivity index (χ0n) is 14.2. The van der Waals surface area contributed by atoms with Gasteiger partial charge in [0.25, 0.3) is 0 Å². The number of halogens is 1. The summed E-state index contributed by atoms with van der Waals surface area (Å²) in [6.07, 6.45) is 0.377. The lowest BCUT2D eigenvalue weighted by atomic mass is 10.1. The second kappa shape index (κ2) is 8.23. The van der Waals surface area contributed by atoms with Gasteiger partial charge in [0.05, 0.1) is 12.8 Å². The molecule has 0 aromatic heterocycles. The number of amides is 1. The molecule has 0 atom stereocenters. The Hall–Kier alpha value is -2.24. The van der Waals surface area contributed by atoms with Crippen molar-refractivity contribution in [2.75, 3.05) is 19.0 Å². The number of carbonyl (C=O) groups is 1. The monoisotopic (exact) mass is 359 g/mol. The Morgan fingerprint density at radius 1 is 1.20 bits per heavy atom. The number of anilines is 1. The van der Waals surface area contributed by atoms with Crippen LogP contribution in [0.5, 0.6) is 5.75 Å². The highest BCUT2D eigenvalue weighted by molar-refractivity contribution is 6.30. The van der Waals surface area contributed by atoms with Gasteiger partial charge >= 0.3 is 0 Å². The van der Waals surface area contributed by atoms with Crippen LogP contribution in [0.15, 0.2) is 36.4 Å². The van der Waals surface area contributed by atoms with Crippen molar-refractivity contribution >= 4 is 23.2 Å². The van der Waals surface area contributed by atoms with E-state index < -0.39 is 0 Å². The van der Waals surface area contributed by atoms with Gasteiger partial charge in [-0.25, -0.2) is 0 Å². The molecule has 0 bridgehead atoms. The smallest absolute Gasteiger partial charge is 0.222 e.